The standard InChI is InChI=1S/C16H16N2S/c1-11-3-4-13-8-14(6-5-12(13)7-11)16-18-15(9-17-2)10-19-16/h3-8,10,17H,9H2,1-2H3. The van der Waals surface area contributed by atoms with Crippen molar-refractivity contribution in [3.8, 4) is 10.6 Å². The zero-order valence-corrected chi connectivity index (χ0v) is 11.9. The highest BCUT2D eigenvalue weighted by atomic mass is 32.1. The predicted molar refractivity (Wildman–Crippen MR) is 82.6 cm³/mol. The van der Waals surface area contributed by atoms with Crippen molar-refractivity contribution in [1.82, 2.24) is 10.3 Å². The Bertz CT molecular complexity index is 716. The van der Waals surface area contributed by atoms with Gasteiger partial charge in [0.15, 0.2) is 0 Å². The lowest BCUT2D eigenvalue weighted by molar-refractivity contribution is 0.798. The third-order valence-corrected chi connectivity index (χ3v) is 4.09. The Balaban J connectivity index is 2.02. The first-order valence-electron chi connectivity index (χ1n) is 6.36. The Morgan fingerprint density at radius 2 is 1.89 bits per heavy atom. The van der Waals surface area contributed by atoms with Gasteiger partial charge < -0.3 is 5.32 Å². The van der Waals surface area contributed by atoms with Gasteiger partial charge in [-0.05, 0) is 30.8 Å². The molecule has 19 heavy (non-hydrogen) atoms. The average Bonchev–Trinajstić information content (AvgIpc) is 2.87. The molecule has 3 heteroatoms. The second-order valence-electron chi connectivity index (χ2n) is 4.74. The molecule has 0 fully saturated rings. The summed E-state index contributed by atoms with van der Waals surface area (Å²) in [6.07, 6.45) is 0. The Kier molecular flexibility index (Phi) is 3.32. The first kappa shape index (κ1) is 12.3. The van der Waals surface area contributed by atoms with E-state index in [-0.39, 0.29) is 0 Å². The van der Waals surface area contributed by atoms with Crippen molar-refractivity contribution in [1.29, 1.82) is 0 Å². The zero-order valence-electron chi connectivity index (χ0n) is 11.1. The highest BCUT2D eigenvalue weighted by molar-refractivity contribution is 7.13. The Morgan fingerprint density at radius 3 is 2.74 bits per heavy atom. The summed E-state index contributed by atoms with van der Waals surface area (Å²) < 4.78 is 0. The van der Waals surface area contributed by atoms with Crippen molar-refractivity contribution in [3.05, 3.63) is 53.0 Å². The summed E-state index contributed by atoms with van der Waals surface area (Å²) in [5.74, 6) is 0. The predicted octanol–water partition coefficient (Wildman–Crippen LogP) is 3.99. The van der Waals surface area contributed by atoms with Gasteiger partial charge in [-0.3, -0.25) is 0 Å². The Labute approximate surface area is 117 Å². The van der Waals surface area contributed by atoms with Gasteiger partial charge in [-0.25, -0.2) is 4.98 Å². The van der Waals surface area contributed by atoms with E-state index in [9.17, 15) is 0 Å². The summed E-state index contributed by atoms with van der Waals surface area (Å²) in [5.41, 5.74) is 3.60. The highest BCUT2D eigenvalue weighted by Gasteiger charge is 2.05. The van der Waals surface area contributed by atoms with Crippen molar-refractivity contribution < 1.29 is 0 Å². The molecule has 96 valence electrons. The van der Waals surface area contributed by atoms with Crippen LogP contribution in [-0.2, 0) is 6.54 Å². The Morgan fingerprint density at radius 1 is 1.11 bits per heavy atom. The second-order valence-corrected chi connectivity index (χ2v) is 5.60. The van der Waals surface area contributed by atoms with E-state index in [1.54, 1.807) is 11.3 Å². The van der Waals surface area contributed by atoms with Crippen LogP contribution in [0.1, 0.15) is 11.3 Å². The lowest BCUT2D eigenvalue weighted by atomic mass is 10.1. The SMILES string of the molecule is CNCc1csc(-c2ccc3cc(C)ccc3c2)n1. The van der Waals surface area contributed by atoms with Crippen molar-refractivity contribution in [2.75, 3.05) is 7.05 Å². The van der Waals surface area contributed by atoms with Crippen molar-refractivity contribution in [2.24, 2.45) is 0 Å². The monoisotopic (exact) mass is 268 g/mol. The molecule has 0 atom stereocenters. The van der Waals surface area contributed by atoms with E-state index >= 15 is 0 Å². The van der Waals surface area contributed by atoms with Gasteiger partial charge in [0.1, 0.15) is 5.01 Å². The minimum atomic E-state index is 0.823. The van der Waals surface area contributed by atoms with Crippen LogP contribution in [-0.4, -0.2) is 12.0 Å². The lowest BCUT2D eigenvalue weighted by Crippen LogP contribution is -2.04. The van der Waals surface area contributed by atoms with Crippen LogP contribution in [0.15, 0.2) is 41.8 Å². The highest BCUT2D eigenvalue weighted by Crippen LogP contribution is 2.27. The fraction of sp³-hybridized carbons (Fsp3) is 0.188. The number of nitrogens with zero attached hydrogens (tertiary/aromatic N) is 1. The van der Waals surface area contributed by atoms with E-state index in [0.29, 0.717) is 0 Å². The largest absolute Gasteiger partial charge is 0.314 e. The molecule has 0 aliphatic carbocycles. The van der Waals surface area contributed by atoms with Gasteiger partial charge in [0.05, 0.1) is 5.69 Å². The van der Waals surface area contributed by atoms with Gasteiger partial charge >= 0.3 is 0 Å². The third-order valence-electron chi connectivity index (χ3n) is 3.15. The average molecular weight is 268 g/mol. The van der Waals surface area contributed by atoms with Gasteiger partial charge in [0.2, 0.25) is 0 Å². The van der Waals surface area contributed by atoms with Gasteiger partial charge in [-0.15, -0.1) is 11.3 Å². The zero-order chi connectivity index (χ0) is 13.2. The molecule has 0 saturated heterocycles. The number of aromatic nitrogens is 1. The first-order chi connectivity index (χ1) is 9.26. The molecule has 1 aromatic heterocycles. The Hall–Kier alpha value is -1.71. The summed E-state index contributed by atoms with van der Waals surface area (Å²) in [6.45, 7) is 2.95. The molecule has 2 nitrogen and oxygen atoms in total. The van der Waals surface area contributed by atoms with Gasteiger partial charge in [0, 0.05) is 17.5 Å². The van der Waals surface area contributed by atoms with Crippen molar-refractivity contribution >= 4 is 22.1 Å². The minimum absolute atomic E-state index is 0.823. The summed E-state index contributed by atoms with van der Waals surface area (Å²) in [7, 11) is 1.94. The molecule has 1 heterocycles. The maximum Gasteiger partial charge on any atom is 0.123 e. The van der Waals surface area contributed by atoms with Crippen LogP contribution < -0.4 is 5.32 Å². The van der Waals surface area contributed by atoms with Gasteiger partial charge in [0.25, 0.3) is 0 Å². The number of benzene rings is 2. The number of rotatable bonds is 3. The van der Waals surface area contributed by atoms with E-state index in [4.69, 9.17) is 0 Å². The number of thiazole rings is 1. The van der Waals surface area contributed by atoms with Gasteiger partial charge in [-0.1, -0.05) is 35.9 Å². The maximum atomic E-state index is 4.65. The molecule has 0 bridgehead atoms. The van der Waals surface area contributed by atoms with Crippen LogP contribution in [0.5, 0.6) is 0 Å². The number of hydrogen-bond donors (Lipinski definition) is 1. The number of aryl methyl sites for hydroxylation is 1. The molecule has 0 aliphatic heterocycles. The quantitative estimate of drug-likeness (QED) is 0.777. The minimum Gasteiger partial charge on any atom is -0.314 e. The van der Waals surface area contributed by atoms with Crippen molar-refractivity contribution in [2.45, 2.75) is 13.5 Å². The van der Waals surface area contributed by atoms with E-state index in [1.165, 1.54) is 21.9 Å². The summed E-state index contributed by atoms with van der Waals surface area (Å²) in [4.78, 5) is 4.65. The van der Waals surface area contributed by atoms with Gasteiger partial charge in [-0.2, -0.15) is 0 Å². The summed E-state index contributed by atoms with van der Waals surface area (Å²) >= 11 is 1.70. The topological polar surface area (TPSA) is 24.9 Å². The lowest BCUT2D eigenvalue weighted by Gasteiger charge is -2.02. The van der Waals surface area contributed by atoms with Crippen LogP contribution >= 0.6 is 11.3 Å². The molecule has 0 spiro atoms. The normalized spacial score (nSPS) is 11.1. The molecule has 0 aliphatic rings. The van der Waals surface area contributed by atoms with E-state index < -0.39 is 0 Å². The number of nitrogens with one attached hydrogen (secondary N) is 1. The second kappa shape index (κ2) is 5.11. The number of fused-ring (bicyclic) bond motifs is 1. The summed E-state index contributed by atoms with van der Waals surface area (Å²) in [6, 6.07) is 13.1. The first-order valence-corrected chi connectivity index (χ1v) is 7.24. The van der Waals surface area contributed by atoms with Crippen LogP contribution in [0.2, 0.25) is 0 Å². The van der Waals surface area contributed by atoms with E-state index in [2.05, 4.69) is 59.0 Å². The van der Waals surface area contributed by atoms with Crippen LogP contribution in [0.25, 0.3) is 21.3 Å². The molecule has 0 radical (unpaired) electrons. The molecule has 1 N–H and O–H groups in total. The van der Waals surface area contributed by atoms with Crippen molar-refractivity contribution in [3.63, 3.8) is 0 Å². The summed E-state index contributed by atoms with van der Waals surface area (Å²) in [5, 5.41) is 8.89. The molecule has 3 aromatic rings. The fourth-order valence-electron chi connectivity index (χ4n) is 2.20. The maximum absolute atomic E-state index is 4.65. The molecule has 0 unspecified atom stereocenters. The fourth-order valence-corrected chi connectivity index (χ4v) is 3.02. The van der Waals surface area contributed by atoms with Crippen LogP contribution in [0.3, 0.4) is 0 Å². The molecule has 3 rings (SSSR count). The molecule has 0 saturated carbocycles. The molecule has 2 aromatic carbocycles. The third kappa shape index (κ3) is 2.53. The van der Waals surface area contributed by atoms with Crippen LogP contribution in [0, 0.1) is 6.92 Å². The number of hydrogen-bond acceptors (Lipinski definition) is 3. The molecule has 0 amide bonds. The van der Waals surface area contributed by atoms with Crippen LogP contribution in [0.4, 0.5) is 0 Å². The smallest absolute Gasteiger partial charge is 0.123 e. The molecular weight excluding hydrogens is 252 g/mol. The van der Waals surface area contributed by atoms with E-state index in [0.717, 1.165) is 17.2 Å². The van der Waals surface area contributed by atoms with E-state index in [1.807, 2.05) is 7.05 Å². The molecular formula is C16H16N2S.